The summed E-state index contributed by atoms with van der Waals surface area (Å²) >= 11 is 9.78. The number of halogens is 2. The van der Waals surface area contributed by atoms with E-state index in [1.165, 1.54) is 11.1 Å². The van der Waals surface area contributed by atoms with Crippen molar-refractivity contribution in [3.05, 3.63) is 51.0 Å². The molecule has 3 nitrogen and oxygen atoms in total. The van der Waals surface area contributed by atoms with E-state index >= 15 is 0 Å². The van der Waals surface area contributed by atoms with Gasteiger partial charge in [0.2, 0.25) is 0 Å². The Hall–Kier alpha value is -1.39. The molecule has 110 valence electrons. The maximum atomic E-state index is 6.28. The van der Waals surface area contributed by atoms with Crippen molar-refractivity contribution in [1.82, 2.24) is 0 Å². The molecule has 0 bridgehead atoms. The molecule has 2 aromatic carbocycles. The smallest absolute Gasteiger partial charge is 0.163 e. The van der Waals surface area contributed by atoms with Gasteiger partial charge in [-0.1, -0.05) is 39.7 Å². The van der Waals surface area contributed by atoms with Gasteiger partial charge in [-0.05, 0) is 24.1 Å². The molecule has 0 spiro atoms. The van der Waals surface area contributed by atoms with E-state index in [-0.39, 0.29) is 0 Å². The highest BCUT2D eigenvalue weighted by molar-refractivity contribution is 9.10. The predicted octanol–water partition coefficient (Wildman–Crippen LogP) is 4.79. The zero-order chi connectivity index (χ0) is 14.8. The largest absolute Gasteiger partial charge is 0.486 e. The minimum atomic E-state index is 0.564. The number of nitrogens with one attached hydrogen (secondary N) is 1. The third-order valence-electron chi connectivity index (χ3n) is 3.34. The van der Waals surface area contributed by atoms with Gasteiger partial charge in [-0.15, -0.1) is 0 Å². The van der Waals surface area contributed by atoms with Crippen LogP contribution in [0, 0.1) is 6.92 Å². The fourth-order valence-electron chi connectivity index (χ4n) is 2.21. The highest BCUT2D eigenvalue weighted by Gasteiger charge is 2.14. The van der Waals surface area contributed by atoms with Crippen molar-refractivity contribution in [3.8, 4) is 11.5 Å². The first-order chi connectivity index (χ1) is 10.1. The number of aryl methyl sites for hydroxylation is 1. The molecule has 1 heterocycles. The Kier molecular flexibility index (Phi) is 4.27. The average Bonchev–Trinajstić information content (AvgIpc) is 2.48. The van der Waals surface area contributed by atoms with Crippen LogP contribution >= 0.6 is 27.5 Å². The van der Waals surface area contributed by atoms with Crippen LogP contribution in [0.1, 0.15) is 11.1 Å². The summed E-state index contributed by atoms with van der Waals surface area (Å²) in [5.74, 6) is 1.44. The Morgan fingerprint density at radius 3 is 2.57 bits per heavy atom. The first kappa shape index (κ1) is 14.5. The topological polar surface area (TPSA) is 30.5 Å². The molecule has 2 aromatic rings. The second-order valence-corrected chi connectivity index (χ2v) is 6.17. The summed E-state index contributed by atoms with van der Waals surface area (Å²) in [6.07, 6.45) is 0. The molecular formula is C16H15BrClNO2. The van der Waals surface area contributed by atoms with Crippen LogP contribution < -0.4 is 14.8 Å². The van der Waals surface area contributed by atoms with Gasteiger partial charge in [0.1, 0.15) is 13.2 Å². The van der Waals surface area contributed by atoms with Gasteiger partial charge in [-0.2, -0.15) is 0 Å². The lowest BCUT2D eigenvalue weighted by Crippen LogP contribution is -2.15. The van der Waals surface area contributed by atoms with Crippen molar-refractivity contribution < 1.29 is 9.47 Å². The van der Waals surface area contributed by atoms with Gasteiger partial charge < -0.3 is 14.8 Å². The van der Waals surface area contributed by atoms with Crippen LogP contribution in [0.2, 0.25) is 5.02 Å². The standard InChI is InChI=1S/C16H15BrClNO2/c1-10-6-11(2-3-12(10)17)9-19-14-8-16-15(7-13(14)18)20-4-5-21-16/h2-3,6-8,19H,4-5,9H2,1H3. The first-order valence-electron chi connectivity index (χ1n) is 6.71. The quantitative estimate of drug-likeness (QED) is 0.844. The number of benzene rings is 2. The monoisotopic (exact) mass is 367 g/mol. The van der Waals surface area contributed by atoms with Crippen LogP contribution in [0.3, 0.4) is 0 Å². The van der Waals surface area contributed by atoms with Gasteiger partial charge >= 0.3 is 0 Å². The van der Waals surface area contributed by atoms with Crippen LogP contribution in [0.15, 0.2) is 34.8 Å². The third kappa shape index (κ3) is 3.27. The Morgan fingerprint density at radius 2 is 1.86 bits per heavy atom. The summed E-state index contributed by atoms with van der Waals surface area (Å²) in [7, 11) is 0. The minimum absolute atomic E-state index is 0.564. The lowest BCUT2D eigenvalue weighted by Gasteiger charge is -2.20. The molecule has 3 rings (SSSR count). The maximum absolute atomic E-state index is 6.28. The lowest BCUT2D eigenvalue weighted by molar-refractivity contribution is 0.171. The van der Waals surface area contributed by atoms with E-state index in [0.29, 0.717) is 30.5 Å². The number of fused-ring (bicyclic) bond motifs is 1. The molecule has 0 amide bonds. The van der Waals surface area contributed by atoms with Gasteiger partial charge in [0, 0.05) is 23.2 Å². The van der Waals surface area contributed by atoms with Crippen molar-refractivity contribution in [3.63, 3.8) is 0 Å². The SMILES string of the molecule is Cc1cc(CNc2cc3c(cc2Cl)OCCO3)ccc1Br. The van der Waals surface area contributed by atoms with E-state index in [1.54, 1.807) is 6.07 Å². The van der Waals surface area contributed by atoms with Gasteiger partial charge in [0.05, 0.1) is 10.7 Å². The summed E-state index contributed by atoms with van der Waals surface area (Å²) < 4.78 is 12.2. The molecule has 0 atom stereocenters. The maximum Gasteiger partial charge on any atom is 0.163 e. The Bertz CT molecular complexity index is 676. The lowest BCUT2D eigenvalue weighted by atomic mass is 10.1. The zero-order valence-electron chi connectivity index (χ0n) is 11.6. The van der Waals surface area contributed by atoms with Crippen LogP contribution in [-0.2, 0) is 6.54 Å². The number of hydrogen-bond acceptors (Lipinski definition) is 3. The van der Waals surface area contributed by atoms with Crippen molar-refractivity contribution in [1.29, 1.82) is 0 Å². The van der Waals surface area contributed by atoms with Gasteiger partial charge in [0.15, 0.2) is 11.5 Å². The molecule has 0 unspecified atom stereocenters. The van der Waals surface area contributed by atoms with Crippen molar-refractivity contribution in [2.45, 2.75) is 13.5 Å². The summed E-state index contributed by atoms with van der Waals surface area (Å²) in [4.78, 5) is 0. The normalized spacial score (nSPS) is 13.1. The Labute approximate surface area is 137 Å². The number of hydrogen-bond donors (Lipinski definition) is 1. The van der Waals surface area contributed by atoms with Crippen LogP contribution in [0.4, 0.5) is 5.69 Å². The third-order valence-corrected chi connectivity index (χ3v) is 4.54. The van der Waals surface area contributed by atoms with E-state index in [2.05, 4.69) is 46.4 Å². The van der Waals surface area contributed by atoms with E-state index in [1.807, 2.05) is 6.07 Å². The molecule has 0 saturated carbocycles. The molecular weight excluding hydrogens is 354 g/mol. The average molecular weight is 369 g/mol. The van der Waals surface area contributed by atoms with Gasteiger partial charge in [-0.3, -0.25) is 0 Å². The fourth-order valence-corrected chi connectivity index (χ4v) is 2.68. The Morgan fingerprint density at radius 1 is 1.14 bits per heavy atom. The number of rotatable bonds is 3. The summed E-state index contributed by atoms with van der Waals surface area (Å²) in [6.45, 7) is 3.91. The minimum Gasteiger partial charge on any atom is -0.486 e. The predicted molar refractivity (Wildman–Crippen MR) is 88.6 cm³/mol. The molecule has 0 fully saturated rings. The van der Waals surface area contributed by atoms with Gasteiger partial charge in [-0.25, -0.2) is 0 Å². The van der Waals surface area contributed by atoms with E-state index < -0.39 is 0 Å². The van der Waals surface area contributed by atoms with Crippen molar-refractivity contribution >= 4 is 33.2 Å². The molecule has 0 saturated heterocycles. The van der Waals surface area contributed by atoms with Crippen LogP contribution in [-0.4, -0.2) is 13.2 Å². The van der Waals surface area contributed by atoms with Gasteiger partial charge in [0.25, 0.3) is 0 Å². The van der Waals surface area contributed by atoms with Crippen LogP contribution in [0.25, 0.3) is 0 Å². The molecule has 0 aromatic heterocycles. The summed E-state index contributed by atoms with van der Waals surface area (Å²) in [6, 6.07) is 9.96. The van der Waals surface area contributed by atoms with Crippen LogP contribution in [0.5, 0.6) is 11.5 Å². The summed E-state index contributed by atoms with van der Waals surface area (Å²) in [5.41, 5.74) is 3.26. The molecule has 1 aliphatic heterocycles. The second kappa shape index (κ2) is 6.16. The first-order valence-corrected chi connectivity index (χ1v) is 7.88. The molecule has 21 heavy (non-hydrogen) atoms. The van der Waals surface area contributed by atoms with Crippen molar-refractivity contribution in [2.75, 3.05) is 18.5 Å². The fraction of sp³-hybridized carbons (Fsp3) is 0.250. The highest BCUT2D eigenvalue weighted by Crippen LogP contribution is 2.38. The molecule has 1 N–H and O–H groups in total. The highest BCUT2D eigenvalue weighted by atomic mass is 79.9. The molecule has 0 radical (unpaired) electrons. The van der Waals surface area contributed by atoms with E-state index in [0.717, 1.165) is 15.9 Å². The molecule has 0 aliphatic carbocycles. The molecule has 5 heteroatoms. The second-order valence-electron chi connectivity index (χ2n) is 4.91. The number of ether oxygens (including phenoxy) is 2. The van der Waals surface area contributed by atoms with Crippen molar-refractivity contribution in [2.24, 2.45) is 0 Å². The Balaban J connectivity index is 1.77. The van der Waals surface area contributed by atoms with E-state index in [9.17, 15) is 0 Å². The zero-order valence-corrected chi connectivity index (χ0v) is 13.9. The molecule has 1 aliphatic rings. The number of anilines is 1. The summed E-state index contributed by atoms with van der Waals surface area (Å²) in [5, 5.41) is 3.98. The van der Waals surface area contributed by atoms with E-state index in [4.69, 9.17) is 21.1 Å².